The van der Waals surface area contributed by atoms with Gasteiger partial charge >= 0.3 is 5.82 Å². The Balaban J connectivity index is 1.88. The molecule has 0 aliphatic rings. The van der Waals surface area contributed by atoms with E-state index in [1.54, 1.807) is 4.68 Å². The number of aryl methyl sites for hydroxylation is 2. The van der Waals surface area contributed by atoms with Gasteiger partial charge in [0.15, 0.2) is 10.7 Å². The summed E-state index contributed by atoms with van der Waals surface area (Å²) in [5.41, 5.74) is 1.41. The summed E-state index contributed by atoms with van der Waals surface area (Å²) in [7, 11) is 0. The van der Waals surface area contributed by atoms with Crippen LogP contribution in [0.5, 0.6) is 0 Å². The predicted molar refractivity (Wildman–Crippen MR) is 83.9 cm³/mol. The van der Waals surface area contributed by atoms with Crippen molar-refractivity contribution in [1.29, 1.82) is 0 Å². The zero-order chi connectivity index (χ0) is 17.1. The first-order valence-electron chi connectivity index (χ1n) is 6.69. The Morgan fingerprint density at radius 3 is 2.61 bits per heavy atom. The smallest absolute Gasteiger partial charge is 0.358 e. The van der Waals surface area contributed by atoms with Gasteiger partial charge in [0.2, 0.25) is 0 Å². The van der Waals surface area contributed by atoms with Crippen molar-refractivity contribution in [3.05, 3.63) is 37.2 Å². The maximum Gasteiger partial charge on any atom is 0.362 e. The number of amides is 1. The maximum atomic E-state index is 11.9. The van der Waals surface area contributed by atoms with Crippen molar-refractivity contribution in [3.63, 3.8) is 0 Å². The zero-order valence-electron chi connectivity index (χ0n) is 12.4. The summed E-state index contributed by atoms with van der Waals surface area (Å²) in [5, 5.41) is 23.5. The van der Waals surface area contributed by atoms with E-state index in [1.807, 2.05) is 13.8 Å². The summed E-state index contributed by atoms with van der Waals surface area (Å²) < 4.78 is 1.76. The van der Waals surface area contributed by atoms with E-state index in [0.29, 0.717) is 24.5 Å². The molecule has 0 saturated carbocycles. The van der Waals surface area contributed by atoms with Crippen molar-refractivity contribution in [1.82, 2.24) is 25.3 Å². The van der Waals surface area contributed by atoms with Gasteiger partial charge < -0.3 is 15.4 Å². The van der Waals surface area contributed by atoms with E-state index >= 15 is 0 Å². The van der Waals surface area contributed by atoms with Gasteiger partial charge in [-0.3, -0.25) is 9.48 Å². The topological polar surface area (TPSA) is 119 Å². The zero-order valence-corrected chi connectivity index (χ0v) is 13.9. The first-order chi connectivity index (χ1) is 10.8. The molecule has 2 aromatic heterocycles. The first-order valence-corrected chi connectivity index (χ1v) is 7.44. The van der Waals surface area contributed by atoms with Gasteiger partial charge in [-0.25, -0.2) is 0 Å². The van der Waals surface area contributed by atoms with E-state index in [1.165, 1.54) is 0 Å². The Hall–Kier alpha value is -2.13. The lowest BCUT2D eigenvalue weighted by Gasteiger charge is -2.05. The standard InChI is InChI=1S/C12H14Cl2N6O3/c1-6-8(13)7(2)19(18-6)5-3-4-15-12(21)10-9(14)11(17-16-10)20(22)23/h3-5H2,1-2H3,(H,15,21)(H,16,17). The molecule has 0 aliphatic carbocycles. The Labute approximate surface area is 141 Å². The molecule has 0 aromatic carbocycles. The van der Waals surface area contributed by atoms with Gasteiger partial charge in [0, 0.05) is 13.1 Å². The van der Waals surface area contributed by atoms with Crippen LogP contribution in [0.25, 0.3) is 0 Å². The van der Waals surface area contributed by atoms with Crippen LogP contribution in [0.2, 0.25) is 10.0 Å². The summed E-state index contributed by atoms with van der Waals surface area (Å²) in [6.07, 6.45) is 0.605. The average molecular weight is 361 g/mol. The highest BCUT2D eigenvalue weighted by Crippen LogP contribution is 2.24. The molecule has 0 aliphatic heterocycles. The Morgan fingerprint density at radius 2 is 2.09 bits per heavy atom. The van der Waals surface area contributed by atoms with E-state index in [9.17, 15) is 14.9 Å². The fourth-order valence-corrected chi connectivity index (χ4v) is 2.37. The normalized spacial score (nSPS) is 10.8. The van der Waals surface area contributed by atoms with Crippen molar-refractivity contribution in [2.24, 2.45) is 0 Å². The summed E-state index contributed by atoms with van der Waals surface area (Å²) in [4.78, 5) is 21.8. The summed E-state index contributed by atoms with van der Waals surface area (Å²) in [5.74, 6) is -1.08. The quantitative estimate of drug-likeness (QED) is 0.465. The molecule has 2 heterocycles. The SMILES string of the molecule is Cc1nn(CCCNC(=O)c2n[nH]c([N+](=O)[O-])c2Cl)c(C)c1Cl. The van der Waals surface area contributed by atoms with Crippen molar-refractivity contribution < 1.29 is 9.72 Å². The number of hydrogen-bond donors (Lipinski definition) is 2. The highest BCUT2D eigenvalue weighted by molar-refractivity contribution is 6.35. The molecule has 9 nitrogen and oxygen atoms in total. The number of nitrogens with one attached hydrogen (secondary N) is 2. The second kappa shape index (κ2) is 6.97. The second-order valence-corrected chi connectivity index (χ2v) is 5.57. The Kier molecular flexibility index (Phi) is 5.22. The molecule has 0 fully saturated rings. The van der Waals surface area contributed by atoms with E-state index < -0.39 is 16.6 Å². The third-order valence-electron chi connectivity index (χ3n) is 3.21. The number of halogens is 2. The first kappa shape index (κ1) is 17.2. The summed E-state index contributed by atoms with van der Waals surface area (Å²) >= 11 is 11.8. The number of nitrogens with zero attached hydrogens (tertiary/aromatic N) is 4. The van der Waals surface area contributed by atoms with Gasteiger partial charge in [0.05, 0.1) is 16.4 Å². The second-order valence-electron chi connectivity index (χ2n) is 4.81. The van der Waals surface area contributed by atoms with Crippen LogP contribution in [-0.4, -0.2) is 37.4 Å². The molecular weight excluding hydrogens is 347 g/mol. The van der Waals surface area contributed by atoms with Crippen LogP contribution in [-0.2, 0) is 6.54 Å². The third kappa shape index (κ3) is 3.62. The number of carbonyl (C=O) groups is 1. The minimum Gasteiger partial charge on any atom is -0.358 e. The molecule has 0 unspecified atom stereocenters. The molecule has 0 saturated heterocycles. The number of rotatable bonds is 6. The lowest BCUT2D eigenvalue weighted by molar-refractivity contribution is -0.389. The maximum absolute atomic E-state index is 11.9. The minimum absolute atomic E-state index is 0.201. The third-order valence-corrected chi connectivity index (χ3v) is 4.12. The summed E-state index contributed by atoms with van der Waals surface area (Å²) in [6.45, 7) is 4.60. The lowest BCUT2D eigenvalue weighted by atomic mass is 10.3. The van der Waals surface area contributed by atoms with Crippen molar-refractivity contribution in [3.8, 4) is 0 Å². The van der Waals surface area contributed by atoms with E-state index in [2.05, 4.69) is 20.6 Å². The molecule has 0 spiro atoms. The fraction of sp³-hybridized carbons (Fsp3) is 0.417. The van der Waals surface area contributed by atoms with Crippen LogP contribution in [0.4, 0.5) is 5.82 Å². The average Bonchev–Trinajstić information content (AvgIpc) is 2.99. The van der Waals surface area contributed by atoms with Crippen LogP contribution < -0.4 is 5.32 Å². The van der Waals surface area contributed by atoms with Gasteiger partial charge in [0.1, 0.15) is 0 Å². The summed E-state index contributed by atoms with van der Waals surface area (Å²) in [6, 6.07) is 0. The Morgan fingerprint density at radius 1 is 1.39 bits per heavy atom. The van der Waals surface area contributed by atoms with E-state index in [4.69, 9.17) is 23.2 Å². The van der Waals surface area contributed by atoms with E-state index in [-0.39, 0.29) is 10.7 Å². The number of nitro groups is 1. The van der Waals surface area contributed by atoms with Gasteiger partial charge in [-0.05, 0) is 25.2 Å². The van der Waals surface area contributed by atoms with Crippen molar-refractivity contribution >= 4 is 34.9 Å². The lowest BCUT2D eigenvalue weighted by Crippen LogP contribution is -2.26. The molecule has 11 heteroatoms. The molecule has 23 heavy (non-hydrogen) atoms. The van der Waals surface area contributed by atoms with Gasteiger partial charge in [-0.2, -0.15) is 5.10 Å². The molecule has 2 N–H and O–H groups in total. The molecule has 0 bridgehead atoms. The van der Waals surface area contributed by atoms with E-state index in [0.717, 1.165) is 11.4 Å². The number of aromatic nitrogens is 4. The predicted octanol–water partition coefficient (Wildman–Crippen LogP) is 2.26. The molecule has 2 rings (SSSR count). The number of aromatic amines is 1. The molecule has 1 amide bonds. The number of carbonyl (C=O) groups excluding carboxylic acids is 1. The van der Waals surface area contributed by atoms with Crippen LogP contribution in [0.15, 0.2) is 0 Å². The Bertz CT molecular complexity index is 754. The number of H-pyrrole nitrogens is 1. The molecule has 124 valence electrons. The van der Waals surface area contributed by atoms with Crippen LogP contribution in [0, 0.1) is 24.0 Å². The minimum atomic E-state index is -0.737. The molecule has 2 aromatic rings. The largest absolute Gasteiger partial charge is 0.362 e. The highest BCUT2D eigenvalue weighted by atomic mass is 35.5. The molecule has 0 radical (unpaired) electrons. The van der Waals surface area contributed by atoms with Crippen LogP contribution in [0.1, 0.15) is 28.3 Å². The van der Waals surface area contributed by atoms with Crippen LogP contribution in [0.3, 0.4) is 0 Å². The fourth-order valence-electron chi connectivity index (χ4n) is 2.00. The highest BCUT2D eigenvalue weighted by Gasteiger charge is 2.24. The number of hydrogen-bond acceptors (Lipinski definition) is 5. The van der Waals surface area contributed by atoms with Crippen molar-refractivity contribution in [2.75, 3.05) is 6.54 Å². The molecular formula is C12H14Cl2N6O3. The monoisotopic (exact) mass is 360 g/mol. The van der Waals surface area contributed by atoms with Gasteiger partial charge in [-0.1, -0.05) is 28.3 Å². The van der Waals surface area contributed by atoms with Gasteiger partial charge in [0.25, 0.3) is 5.91 Å². The van der Waals surface area contributed by atoms with Gasteiger partial charge in [-0.15, -0.1) is 5.10 Å². The molecule has 0 atom stereocenters. The van der Waals surface area contributed by atoms with Crippen LogP contribution >= 0.6 is 23.2 Å². The van der Waals surface area contributed by atoms with Crippen molar-refractivity contribution in [2.45, 2.75) is 26.8 Å².